The van der Waals surface area contributed by atoms with Crippen LogP contribution < -0.4 is 0 Å². The molecule has 0 aliphatic heterocycles. The van der Waals surface area contributed by atoms with Gasteiger partial charge in [0.15, 0.2) is 5.82 Å². The van der Waals surface area contributed by atoms with E-state index in [2.05, 4.69) is 4.98 Å². The van der Waals surface area contributed by atoms with E-state index >= 15 is 0 Å². The predicted molar refractivity (Wildman–Crippen MR) is 50.2 cm³/mol. The fraction of sp³-hybridized carbons (Fsp3) is 0.333. The van der Waals surface area contributed by atoms with Gasteiger partial charge in [0.1, 0.15) is 10.8 Å². The van der Waals surface area contributed by atoms with Crippen LogP contribution in [-0.4, -0.2) is 16.0 Å². The maximum Gasteiger partial charge on any atom is 0.155 e. The number of aromatic nitrogens is 1. The second-order valence-electron chi connectivity index (χ2n) is 2.66. The van der Waals surface area contributed by atoms with Gasteiger partial charge in [0.05, 0.1) is 5.25 Å². The molecule has 1 aromatic heterocycles. The predicted octanol–water partition coefficient (Wildman–Crippen LogP) is 2.29. The van der Waals surface area contributed by atoms with Gasteiger partial charge >= 0.3 is 0 Å². The van der Waals surface area contributed by atoms with Gasteiger partial charge in [-0.05, 0) is 26.0 Å². The van der Waals surface area contributed by atoms with Gasteiger partial charge in [-0.3, -0.25) is 4.79 Å². The second kappa shape index (κ2) is 4.37. The number of carbonyl (C=O) groups excluding carboxylic acids is 1. The minimum atomic E-state index is -0.374. The largest absolute Gasteiger partial charge is 0.299 e. The van der Waals surface area contributed by atoms with E-state index < -0.39 is 0 Å². The molecule has 1 aromatic rings. The summed E-state index contributed by atoms with van der Waals surface area (Å²) < 4.78 is 13.0. The van der Waals surface area contributed by atoms with Crippen molar-refractivity contribution in [3.63, 3.8) is 0 Å². The Balaban J connectivity index is 2.74. The lowest BCUT2D eigenvalue weighted by molar-refractivity contribution is -0.116. The zero-order valence-corrected chi connectivity index (χ0v) is 8.27. The number of carbonyl (C=O) groups is 1. The zero-order chi connectivity index (χ0) is 9.84. The number of ketones is 1. The third-order valence-corrected chi connectivity index (χ3v) is 2.79. The van der Waals surface area contributed by atoms with E-state index in [1.165, 1.54) is 25.3 Å². The van der Waals surface area contributed by atoms with Gasteiger partial charge in [0, 0.05) is 6.20 Å². The molecule has 0 saturated heterocycles. The van der Waals surface area contributed by atoms with Gasteiger partial charge in [-0.2, -0.15) is 0 Å². The quantitative estimate of drug-likeness (QED) is 0.699. The fourth-order valence-electron chi connectivity index (χ4n) is 0.708. The number of thioether (sulfide) groups is 1. The monoisotopic (exact) mass is 199 g/mol. The van der Waals surface area contributed by atoms with Gasteiger partial charge in [0.25, 0.3) is 0 Å². The van der Waals surface area contributed by atoms with Crippen LogP contribution in [0.4, 0.5) is 4.39 Å². The number of nitrogens with zero attached hydrogens (tertiary/aromatic N) is 1. The molecule has 0 N–H and O–H groups in total. The first-order valence-corrected chi connectivity index (χ1v) is 4.77. The van der Waals surface area contributed by atoms with Crippen molar-refractivity contribution in [2.75, 3.05) is 0 Å². The first kappa shape index (κ1) is 10.2. The summed E-state index contributed by atoms with van der Waals surface area (Å²) in [6, 6.07) is 2.86. The summed E-state index contributed by atoms with van der Waals surface area (Å²) in [5, 5.41) is 0.0367. The number of Topliss-reactive ketones (excluding diaryl/α,β-unsaturated/α-hetero) is 1. The highest BCUT2D eigenvalue weighted by atomic mass is 32.2. The van der Waals surface area contributed by atoms with Gasteiger partial charge in [-0.1, -0.05) is 11.8 Å². The lowest BCUT2D eigenvalue weighted by Crippen LogP contribution is -2.08. The molecule has 1 atom stereocenters. The molecule has 0 aliphatic carbocycles. The second-order valence-corrected chi connectivity index (χ2v) is 3.99. The summed E-state index contributed by atoms with van der Waals surface area (Å²) in [6.07, 6.45) is 1.51. The van der Waals surface area contributed by atoms with Crippen LogP contribution >= 0.6 is 11.8 Å². The molecule has 0 spiro atoms. The van der Waals surface area contributed by atoms with Crippen molar-refractivity contribution in [3.05, 3.63) is 24.1 Å². The van der Waals surface area contributed by atoms with Gasteiger partial charge < -0.3 is 0 Å². The highest BCUT2D eigenvalue weighted by molar-refractivity contribution is 8.00. The fourth-order valence-corrected chi connectivity index (χ4v) is 1.51. The number of halogens is 1. The van der Waals surface area contributed by atoms with Crippen LogP contribution in [-0.2, 0) is 4.79 Å². The lowest BCUT2D eigenvalue weighted by atomic mass is 10.3. The van der Waals surface area contributed by atoms with Crippen LogP contribution in [0.5, 0.6) is 0 Å². The SMILES string of the molecule is CC(=O)C(C)Sc1ncccc1F. The Morgan fingerprint density at radius 1 is 1.69 bits per heavy atom. The Hall–Kier alpha value is -0.900. The van der Waals surface area contributed by atoms with Crippen LogP contribution in [0.15, 0.2) is 23.4 Å². The van der Waals surface area contributed by atoms with Crippen molar-refractivity contribution in [2.45, 2.75) is 24.1 Å². The van der Waals surface area contributed by atoms with Crippen LogP contribution in [0.25, 0.3) is 0 Å². The van der Waals surface area contributed by atoms with Crippen LogP contribution in [0.2, 0.25) is 0 Å². The Labute approximate surface area is 80.6 Å². The summed E-state index contributed by atoms with van der Waals surface area (Å²) in [7, 11) is 0. The smallest absolute Gasteiger partial charge is 0.155 e. The average molecular weight is 199 g/mol. The first-order valence-electron chi connectivity index (χ1n) is 3.89. The molecule has 0 amide bonds. The van der Waals surface area contributed by atoms with E-state index in [0.717, 1.165) is 11.8 Å². The van der Waals surface area contributed by atoms with E-state index in [9.17, 15) is 9.18 Å². The van der Waals surface area contributed by atoms with Gasteiger partial charge in [-0.25, -0.2) is 9.37 Å². The lowest BCUT2D eigenvalue weighted by Gasteiger charge is -2.06. The number of rotatable bonds is 3. The zero-order valence-electron chi connectivity index (χ0n) is 7.45. The van der Waals surface area contributed by atoms with E-state index in [1.54, 1.807) is 6.92 Å². The molecule has 0 aliphatic rings. The van der Waals surface area contributed by atoms with Crippen molar-refractivity contribution in [1.29, 1.82) is 0 Å². The molecule has 1 rings (SSSR count). The first-order chi connectivity index (χ1) is 6.11. The third kappa shape index (κ3) is 2.81. The molecule has 0 saturated carbocycles. The maximum atomic E-state index is 13.0. The molecule has 2 nitrogen and oxygen atoms in total. The van der Waals surface area contributed by atoms with Crippen molar-refractivity contribution >= 4 is 17.5 Å². The van der Waals surface area contributed by atoms with Crippen molar-refractivity contribution in [3.8, 4) is 0 Å². The number of hydrogen-bond acceptors (Lipinski definition) is 3. The molecule has 1 heterocycles. The average Bonchev–Trinajstić information content (AvgIpc) is 2.08. The highest BCUT2D eigenvalue weighted by Crippen LogP contribution is 2.23. The highest BCUT2D eigenvalue weighted by Gasteiger charge is 2.12. The number of hydrogen-bond donors (Lipinski definition) is 0. The minimum absolute atomic E-state index is 0.0232. The molecule has 1 unspecified atom stereocenters. The van der Waals surface area contributed by atoms with Crippen molar-refractivity contribution in [2.24, 2.45) is 0 Å². The molecular formula is C9H10FNOS. The van der Waals surface area contributed by atoms with E-state index in [4.69, 9.17) is 0 Å². The van der Waals surface area contributed by atoms with Gasteiger partial charge in [-0.15, -0.1) is 0 Å². The molecular weight excluding hydrogens is 189 g/mol. The topological polar surface area (TPSA) is 30.0 Å². The van der Waals surface area contributed by atoms with E-state index in [1.807, 2.05) is 0 Å². The molecule has 70 valence electrons. The summed E-state index contributed by atoms with van der Waals surface area (Å²) in [5.74, 6) is -0.351. The maximum absolute atomic E-state index is 13.0. The molecule has 0 fully saturated rings. The molecule has 0 radical (unpaired) electrons. The summed E-state index contributed by atoms with van der Waals surface area (Å²) in [6.45, 7) is 3.22. The minimum Gasteiger partial charge on any atom is -0.299 e. The molecule has 0 aromatic carbocycles. The Kier molecular flexibility index (Phi) is 3.42. The summed E-state index contributed by atoms with van der Waals surface area (Å²) in [5.41, 5.74) is 0. The Morgan fingerprint density at radius 2 is 2.38 bits per heavy atom. The standard InChI is InChI=1S/C9H10FNOS/c1-6(12)7(2)13-9-8(10)4-3-5-11-9/h3-5,7H,1-2H3. The van der Waals surface area contributed by atoms with E-state index in [0.29, 0.717) is 0 Å². The molecule has 13 heavy (non-hydrogen) atoms. The van der Waals surface area contributed by atoms with Crippen LogP contribution in [0.3, 0.4) is 0 Å². The summed E-state index contributed by atoms with van der Waals surface area (Å²) >= 11 is 1.14. The van der Waals surface area contributed by atoms with E-state index in [-0.39, 0.29) is 21.9 Å². The Bertz CT molecular complexity index is 316. The van der Waals surface area contributed by atoms with Crippen LogP contribution in [0.1, 0.15) is 13.8 Å². The molecule has 4 heteroatoms. The summed E-state index contributed by atoms with van der Waals surface area (Å²) in [4.78, 5) is 14.7. The third-order valence-electron chi connectivity index (χ3n) is 1.59. The number of pyridine rings is 1. The van der Waals surface area contributed by atoms with Crippen molar-refractivity contribution < 1.29 is 9.18 Å². The normalized spacial score (nSPS) is 12.5. The Morgan fingerprint density at radius 3 is 2.92 bits per heavy atom. The van der Waals surface area contributed by atoms with Crippen molar-refractivity contribution in [1.82, 2.24) is 4.98 Å². The molecule has 0 bridgehead atoms. The van der Waals surface area contributed by atoms with Gasteiger partial charge in [0.2, 0.25) is 0 Å². The van der Waals surface area contributed by atoms with Crippen LogP contribution in [0, 0.1) is 5.82 Å².